The highest BCUT2D eigenvalue weighted by molar-refractivity contribution is 7.89. The molecule has 0 radical (unpaired) electrons. The van der Waals surface area contributed by atoms with Crippen molar-refractivity contribution in [3.8, 4) is 0 Å². The molecule has 1 heterocycles. The van der Waals surface area contributed by atoms with Gasteiger partial charge in [0, 0.05) is 30.7 Å². The van der Waals surface area contributed by atoms with Gasteiger partial charge >= 0.3 is 0 Å². The topological polar surface area (TPSA) is 66.5 Å². The number of nitrogens with one attached hydrogen (secondary N) is 1. The quantitative estimate of drug-likeness (QED) is 0.854. The summed E-state index contributed by atoms with van der Waals surface area (Å²) in [5.74, 6) is -0.267. The van der Waals surface area contributed by atoms with E-state index < -0.39 is 10.0 Å². The largest absolute Gasteiger partial charge is 0.323 e. The van der Waals surface area contributed by atoms with Gasteiger partial charge in [0.1, 0.15) is 0 Å². The van der Waals surface area contributed by atoms with Crippen molar-refractivity contribution < 1.29 is 13.2 Å². The predicted octanol–water partition coefficient (Wildman–Crippen LogP) is 2.65. The molecule has 1 amide bonds. The van der Waals surface area contributed by atoms with Crippen molar-refractivity contribution in [3.05, 3.63) is 52.7 Å². The van der Waals surface area contributed by atoms with E-state index in [1.165, 1.54) is 32.3 Å². The molecular formula is C15H16N2O3S2. The van der Waals surface area contributed by atoms with Crippen LogP contribution in [-0.2, 0) is 14.8 Å². The Bertz CT molecular complexity index is 762. The molecule has 0 unspecified atom stereocenters. The van der Waals surface area contributed by atoms with Crippen molar-refractivity contribution >= 4 is 39.0 Å². The Morgan fingerprint density at radius 2 is 1.86 bits per heavy atom. The van der Waals surface area contributed by atoms with Crippen LogP contribution in [0.2, 0.25) is 0 Å². The average Bonchev–Trinajstić information content (AvgIpc) is 2.99. The highest BCUT2D eigenvalue weighted by Crippen LogP contribution is 2.17. The Kier molecular flexibility index (Phi) is 5.12. The zero-order valence-corrected chi connectivity index (χ0v) is 13.8. The lowest BCUT2D eigenvalue weighted by molar-refractivity contribution is -0.111. The first-order valence-corrected chi connectivity index (χ1v) is 8.77. The summed E-state index contributed by atoms with van der Waals surface area (Å²) in [6.07, 6.45) is 3.17. The minimum atomic E-state index is -3.45. The second-order valence-corrected chi connectivity index (χ2v) is 7.78. The van der Waals surface area contributed by atoms with Crippen molar-refractivity contribution in [2.45, 2.75) is 4.90 Å². The lowest BCUT2D eigenvalue weighted by Crippen LogP contribution is -2.22. The number of thiophene rings is 1. The summed E-state index contributed by atoms with van der Waals surface area (Å²) in [6.45, 7) is 0. The van der Waals surface area contributed by atoms with E-state index in [1.807, 2.05) is 17.5 Å². The average molecular weight is 336 g/mol. The summed E-state index contributed by atoms with van der Waals surface area (Å²) in [5.41, 5.74) is 0.540. The maximum Gasteiger partial charge on any atom is 0.248 e. The first-order chi connectivity index (χ1) is 10.4. The molecule has 2 rings (SSSR count). The third-order valence-electron chi connectivity index (χ3n) is 2.84. The van der Waals surface area contributed by atoms with E-state index >= 15 is 0 Å². The molecule has 0 aliphatic carbocycles. The number of nitrogens with zero attached hydrogens (tertiary/aromatic N) is 1. The van der Waals surface area contributed by atoms with Crippen LogP contribution in [0.4, 0.5) is 5.69 Å². The van der Waals surface area contributed by atoms with E-state index in [0.717, 1.165) is 9.18 Å². The van der Waals surface area contributed by atoms with Crippen molar-refractivity contribution in [1.82, 2.24) is 4.31 Å². The molecule has 1 aromatic heterocycles. The van der Waals surface area contributed by atoms with Gasteiger partial charge in [-0.3, -0.25) is 4.79 Å². The van der Waals surface area contributed by atoms with Crippen LogP contribution < -0.4 is 5.32 Å². The molecule has 0 atom stereocenters. The molecular weight excluding hydrogens is 320 g/mol. The number of hydrogen-bond donors (Lipinski definition) is 1. The van der Waals surface area contributed by atoms with Gasteiger partial charge in [0.15, 0.2) is 0 Å². The zero-order valence-electron chi connectivity index (χ0n) is 12.2. The predicted molar refractivity (Wildman–Crippen MR) is 89.3 cm³/mol. The molecule has 22 heavy (non-hydrogen) atoms. The fourth-order valence-electron chi connectivity index (χ4n) is 1.65. The summed E-state index contributed by atoms with van der Waals surface area (Å²) in [4.78, 5) is 13.0. The Morgan fingerprint density at radius 3 is 2.41 bits per heavy atom. The van der Waals surface area contributed by atoms with Gasteiger partial charge in [-0.05, 0) is 41.8 Å². The van der Waals surface area contributed by atoms with Gasteiger partial charge in [0.05, 0.1) is 4.90 Å². The molecule has 0 aliphatic heterocycles. The number of anilines is 1. The van der Waals surface area contributed by atoms with Crippen LogP contribution >= 0.6 is 11.3 Å². The number of hydrogen-bond acceptors (Lipinski definition) is 4. The Labute approximate surface area is 133 Å². The van der Waals surface area contributed by atoms with E-state index in [0.29, 0.717) is 5.69 Å². The summed E-state index contributed by atoms with van der Waals surface area (Å²) >= 11 is 1.54. The number of amides is 1. The van der Waals surface area contributed by atoms with Crippen LogP contribution in [0.1, 0.15) is 4.88 Å². The Morgan fingerprint density at radius 1 is 1.18 bits per heavy atom. The van der Waals surface area contributed by atoms with Gasteiger partial charge in [0.25, 0.3) is 0 Å². The standard InChI is InChI=1S/C15H16N2O3S2/c1-17(2)22(19,20)14-8-5-12(6-9-14)16-15(18)10-7-13-4-3-11-21-13/h3-11H,1-2H3,(H,16,18)/b10-7+. The maximum atomic E-state index is 11.9. The molecule has 2 aromatic rings. The lowest BCUT2D eigenvalue weighted by Gasteiger charge is -2.11. The van der Waals surface area contributed by atoms with Crippen molar-refractivity contribution in [3.63, 3.8) is 0 Å². The van der Waals surface area contributed by atoms with Crippen LogP contribution in [0, 0.1) is 0 Å². The van der Waals surface area contributed by atoms with E-state index in [2.05, 4.69) is 5.32 Å². The fraction of sp³-hybridized carbons (Fsp3) is 0.133. The third-order valence-corrected chi connectivity index (χ3v) is 5.51. The summed E-state index contributed by atoms with van der Waals surface area (Å²) in [6, 6.07) is 9.88. The van der Waals surface area contributed by atoms with Gasteiger partial charge in [-0.15, -0.1) is 11.3 Å². The number of benzene rings is 1. The first kappa shape index (κ1) is 16.4. The van der Waals surface area contributed by atoms with Crippen LogP contribution in [0.15, 0.2) is 52.7 Å². The zero-order chi connectivity index (χ0) is 16.2. The molecule has 1 aromatic carbocycles. The van der Waals surface area contributed by atoms with Crippen molar-refractivity contribution in [1.29, 1.82) is 0 Å². The van der Waals surface area contributed by atoms with Crippen LogP contribution in [-0.4, -0.2) is 32.7 Å². The molecule has 0 fully saturated rings. The number of carbonyl (C=O) groups excluding carboxylic acids is 1. The summed E-state index contributed by atoms with van der Waals surface area (Å²) in [5, 5.41) is 4.61. The van der Waals surface area contributed by atoms with Gasteiger partial charge in [-0.2, -0.15) is 0 Å². The second-order valence-electron chi connectivity index (χ2n) is 4.65. The monoisotopic (exact) mass is 336 g/mol. The molecule has 7 heteroatoms. The van der Waals surface area contributed by atoms with E-state index in [9.17, 15) is 13.2 Å². The molecule has 0 saturated carbocycles. The van der Waals surface area contributed by atoms with Gasteiger partial charge in [-0.25, -0.2) is 12.7 Å². The van der Waals surface area contributed by atoms with Gasteiger partial charge < -0.3 is 5.32 Å². The smallest absolute Gasteiger partial charge is 0.248 e. The second kappa shape index (κ2) is 6.87. The normalized spacial score (nSPS) is 12.0. The molecule has 0 spiro atoms. The highest BCUT2D eigenvalue weighted by Gasteiger charge is 2.16. The third kappa shape index (κ3) is 4.03. The molecule has 1 N–H and O–H groups in total. The van der Waals surface area contributed by atoms with E-state index in [1.54, 1.807) is 29.5 Å². The SMILES string of the molecule is CN(C)S(=O)(=O)c1ccc(NC(=O)/C=C/c2cccs2)cc1. The molecule has 0 bridgehead atoms. The van der Waals surface area contributed by atoms with Crippen LogP contribution in [0.5, 0.6) is 0 Å². The van der Waals surface area contributed by atoms with Crippen LogP contribution in [0.25, 0.3) is 6.08 Å². The van der Waals surface area contributed by atoms with Crippen molar-refractivity contribution in [2.24, 2.45) is 0 Å². The van der Waals surface area contributed by atoms with E-state index in [4.69, 9.17) is 0 Å². The number of sulfonamides is 1. The maximum absolute atomic E-state index is 11.9. The molecule has 0 aliphatic rings. The fourth-order valence-corrected chi connectivity index (χ4v) is 3.17. The Hall–Kier alpha value is -1.96. The highest BCUT2D eigenvalue weighted by atomic mass is 32.2. The van der Waals surface area contributed by atoms with Crippen molar-refractivity contribution in [2.75, 3.05) is 19.4 Å². The number of rotatable bonds is 5. The molecule has 0 saturated heterocycles. The van der Waals surface area contributed by atoms with Crippen LogP contribution in [0.3, 0.4) is 0 Å². The van der Waals surface area contributed by atoms with Gasteiger partial charge in [-0.1, -0.05) is 6.07 Å². The minimum absolute atomic E-state index is 0.185. The van der Waals surface area contributed by atoms with Gasteiger partial charge in [0.2, 0.25) is 15.9 Å². The number of carbonyl (C=O) groups is 1. The van der Waals surface area contributed by atoms with E-state index in [-0.39, 0.29) is 10.8 Å². The first-order valence-electron chi connectivity index (χ1n) is 6.45. The summed E-state index contributed by atoms with van der Waals surface area (Å²) in [7, 11) is -0.509. The lowest BCUT2D eigenvalue weighted by atomic mass is 10.3. The minimum Gasteiger partial charge on any atom is -0.323 e. The molecule has 5 nitrogen and oxygen atoms in total. The molecule has 116 valence electrons. The Balaban J connectivity index is 2.04. The summed E-state index contributed by atoms with van der Waals surface area (Å²) < 4.78 is 25.0.